The maximum atomic E-state index is 11.4. The van der Waals surface area contributed by atoms with Crippen LogP contribution in [0.4, 0.5) is 0 Å². The molecule has 0 fully saturated rings. The highest BCUT2D eigenvalue weighted by Gasteiger charge is 2.10. The molecule has 0 aromatic rings. The Kier molecular flexibility index (Phi) is 7.38. The van der Waals surface area contributed by atoms with Crippen LogP contribution in [-0.2, 0) is 4.79 Å². The Labute approximate surface area is 85.1 Å². The van der Waals surface area contributed by atoms with E-state index < -0.39 is 0 Å². The molecule has 0 saturated heterocycles. The third-order valence-electron chi connectivity index (χ3n) is 2.12. The van der Waals surface area contributed by atoms with Crippen LogP contribution in [0.3, 0.4) is 0 Å². The van der Waals surface area contributed by atoms with Crippen molar-refractivity contribution in [1.29, 1.82) is 0 Å². The van der Waals surface area contributed by atoms with Gasteiger partial charge in [0, 0.05) is 12.5 Å². The van der Waals surface area contributed by atoms with Gasteiger partial charge >= 0.3 is 0 Å². The molecule has 0 rings (SSSR count). The van der Waals surface area contributed by atoms with Crippen LogP contribution in [0.1, 0.15) is 27.2 Å². The summed E-state index contributed by atoms with van der Waals surface area (Å²) < 4.78 is 0. The summed E-state index contributed by atoms with van der Waals surface area (Å²) in [6, 6.07) is 0. The Morgan fingerprint density at radius 1 is 1.46 bits per heavy atom. The van der Waals surface area contributed by atoms with Crippen LogP contribution < -0.4 is 0 Å². The number of hydrogen-bond acceptors (Lipinski definition) is 3. The molecule has 2 unspecified atom stereocenters. The van der Waals surface area contributed by atoms with Gasteiger partial charge in [0.15, 0.2) is 0 Å². The van der Waals surface area contributed by atoms with E-state index in [4.69, 9.17) is 5.11 Å². The van der Waals surface area contributed by atoms with Crippen LogP contribution in [0.5, 0.6) is 0 Å². The Balaban J connectivity index is 3.47. The number of thioether (sulfide) groups is 1. The van der Waals surface area contributed by atoms with E-state index in [0.717, 1.165) is 12.2 Å². The van der Waals surface area contributed by atoms with E-state index in [1.807, 2.05) is 20.8 Å². The van der Waals surface area contributed by atoms with Gasteiger partial charge in [-0.05, 0) is 18.1 Å². The van der Waals surface area contributed by atoms with Gasteiger partial charge in [-0.15, -0.1) is 0 Å². The van der Waals surface area contributed by atoms with E-state index in [1.165, 1.54) is 0 Å². The quantitative estimate of drug-likeness (QED) is 0.689. The molecular formula is C10H20O2S. The van der Waals surface area contributed by atoms with Crippen molar-refractivity contribution in [2.45, 2.75) is 27.2 Å². The van der Waals surface area contributed by atoms with Crippen molar-refractivity contribution in [2.75, 3.05) is 18.1 Å². The van der Waals surface area contributed by atoms with E-state index >= 15 is 0 Å². The smallest absolute Gasteiger partial charge is 0.145 e. The lowest BCUT2D eigenvalue weighted by atomic mass is 10.1. The molecule has 78 valence electrons. The molecule has 0 spiro atoms. The molecule has 0 aromatic heterocycles. The Morgan fingerprint density at radius 3 is 2.54 bits per heavy atom. The minimum absolute atomic E-state index is 0.192. The van der Waals surface area contributed by atoms with Crippen molar-refractivity contribution in [3.05, 3.63) is 0 Å². The third kappa shape index (κ3) is 6.11. The standard InChI is InChI=1S/C10H20O2S/c1-4-9(3)10(12)7-13-6-8(2)5-11/h8-9,11H,4-7H2,1-3H3. The second-order valence-corrected chi connectivity index (χ2v) is 4.61. The Hall–Kier alpha value is -0.0200. The highest BCUT2D eigenvalue weighted by molar-refractivity contribution is 7.99. The number of carbonyl (C=O) groups is 1. The zero-order valence-electron chi connectivity index (χ0n) is 8.75. The van der Waals surface area contributed by atoms with Crippen molar-refractivity contribution >= 4 is 17.5 Å². The molecule has 0 amide bonds. The Bertz CT molecular complexity index is 148. The average Bonchev–Trinajstić information content (AvgIpc) is 2.15. The third-order valence-corrected chi connectivity index (χ3v) is 3.41. The molecule has 0 bridgehead atoms. The summed E-state index contributed by atoms with van der Waals surface area (Å²) in [5, 5.41) is 8.76. The fourth-order valence-corrected chi connectivity index (χ4v) is 1.89. The first-order chi connectivity index (χ1) is 6.11. The molecule has 0 heterocycles. The predicted molar refractivity (Wildman–Crippen MR) is 58.0 cm³/mol. The van der Waals surface area contributed by atoms with E-state index in [9.17, 15) is 4.79 Å². The minimum Gasteiger partial charge on any atom is -0.396 e. The monoisotopic (exact) mass is 204 g/mol. The summed E-state index contributed by atoms with van der Waals surface area (Å²) in [7, 11) is 0. The lowest BCUT2D eigenvalue weighted by Crippen LogP contribution is -2.14. The number of carbonyl (C=O) groups excluding carboxylic acids is 1. The summed E-state index contributed by atoms with van der Waals surface area (Å²) >= 11 is 1.63. The number of rotatable bonds is 7. The maximum absolute atomic E-state index is 11.4. The molecule has 13 heavy (non-hydrogen) atoms. The molecule has 2 nitrogen and oxygen atoms in total. The molecule has 2 atom stereocenters. The number of Topliss-reactive ketones (excluding diaryl/α,β-unsaturated/α-hetero) is 1. The van der Waals surface area contributed by atoms with Gasteiger partial charge in [0.05, 0.1) is 5.75 Å². The highest BCUT2D eigenvalue weighted by atomic mass is 32.2. The van der Waals surface area contributed by atoms with Crippen molar-refractivity contribution in [3.63, 3.8) is 0 Å². The van der Waals surface area contributed by atoms with Crippen LogP contribution in [0.15, 0.2) is 0 Å². The summed E-state index contributed by atoms with van der Waals surface area (Å²) in [4.78, 5) is 11.4. The van der Waals surface area contributed by atoms with E-state index in [2.05, 4.69) is 0 Å². The topological polar surface area (TPSA) is 37.3 Å². The van der Waals surface area contributed by atoms with Gasteiger partial charge in [-0.2, -0.15) is 11.8 Å². The number of aliphatic hydroxyl groups excluding tert-OH is 1. The lowest BCUT2D eigenvalue weighted by Gasteiger charge is -2.09. The number of hydrogen-bond donors (Lipinski definition) is 1. The first kappa shape index (κ1) is 13.0. The zero-order chi connectivity index (χ0) is 10.3. The number of ketones is 1. The molecule has 0 saturated carbocycles. The molecule has 0 aliphatic rings. The molecule has 0 aliphatic heterocycles. The predicted octanol–water partition coefficient (Wildman–Crippen LogP) is 1.96. The van der Waals surface area contributed by atoms with E-state index in [-0.39, 0.29) is 12.5 Å². The van der Waals surface area contributed by atoms with Crippen molar-refractivity contribution in [3.8, 4) is 0 Å². The number of aliphatic hydroxyl groups is 1. The van der Waals surface area contributed by atoms with Crippen LogP contribution in [-0.4, -0.2) is 29.0 Å². The van der Waals surface area contributed by atoms with Gasteiger partial charge in [-0.1, -0.05) is 20.8 Å². The molecule has 0 radical (unpaired) electrons. The fourth-order valence-electron chi connectivity index (χ4n) is 0.783. The second-order valence-electron chi connectivity index (χ2n) is 3.58. The van der Waals surface area contributed by atoms with Gasteiger partial charge in [-0.25, -0.2) is 0 Å². The molecule has 1 N–H and O–H groups in total. The summed E-state index contributed by atoms with van der Waals surface area (Å²) in [6.45, 7) is 6.20. The van der Waals surface area contributed by atoms with Gasteiger partial charge in [0.25, 0.3) is 0 Å². The Morgan fingerprint density at radius 2 is 2.08 bits per heavy atom. The lowest BCUT2D eigenvalue weighted by molar-refractivity contribution is -0.119. The molecule has 3 heteroatoms. The first-order valence-electron chi connectivity index (χ1n) is 4.83. The minimum atomic E-state index is 0.192. The largest absolute Gasteiger partial charge is 0.396 e. The normalized spacial score (nSPS) is 15.4. The van der Waals surface area contributed by atoms with Crippen molar-refractivity contribution in [2.24, 2.45) is 11.8 Å². The first-order valence-corrected chi connectivity index (χ1v) is 5.98. The molecule has 0 aliphatic carbocycles. The second kappa shape index (κ2) is 7.39. The van der Waals surface area contributed by atoms with Gasteiger partial charge in [-0.3, -0.25) is 4.79 Å². The van der Waals surface area contributed by atoms with Gasteiger partial charge in [0.1, 0.15) is 5.78 Å². The highest BCUT2D eigenvalue weighted by Crippen LogP contribution is 2.11. The van der Waals surface area contributed by atoms with Crippen LogP contribution in [0.2, 0.25) is 0 Å². The van der Waals surface area contributed by atoms with Crippen molar-refractivity contribution in [1.82, 2.24) is 0 Å². The van der Waals surface area contributed by atoms with Gasteiger partial charge < -0.3 is 5.11 Å². The summed E-state index contributed by atoms with van der Waals surface area (Å²) in [5.41, 5.74) is 0. The van der Waals surface area contributed by atoms with E-state index in [1.54, 1.807) is 11.8 Å². The van der Waals surface area contributed by atoms with Crippen LogP contribution >= 0.6 is 11.8 Å². The van der Waals surface area contributed by atoms with Crippen LogP contribution in [0.25, 0.3) is 0 Å². The summed E-state index contributed by atoms with van der Waals surface area (Å²) in [5.74, 6) is 2.29. The van der Waals surface area contributed by atoms with Crippen LogP contribution in [0, 0.1) is 11.8 Å². The zero-order valence-corrected chi connectivity index (χ0v) is 9.56. The van der Waals surface area contributed by atoms with Gasteiger partial charge in [0.2, 0.25) is 0 Å². The maximum Gasteiger partial charge on any atom is 0.145 e. The fraction of sp³-hybridized carbons (Fsp3) is 0.900. The molecule has 0 aromatic carbocycles. The average molecular weight is 204 g/mol. The van der Waals surface area contributed by atoms with E-state index in [0.29, 0.717) is 17.5 Å². The SMILES string of the molecule is CCC(C)C(=O)CSCC(C)CO. The summed E-state index contributed by atoms with van der Waals surface area (Å²) in [6.07, 6.45) is 0.926. The van der Waals surface area contributed by atoms with Crippen molar-refractivity contribution < 1.29 is 9.90 Å². The molecular weight excluding hydrogens is 184 g/mol.